The zero-order chi connectivity index (χ0) is 19.9. The van der Waals surface area contributed by atoms with Crippen molar-refractivity contribution < 1.29 is 15.1 Å². The van der Waals surface area contributed by atoms with Crippen LogP contribution < -0.4 is 10.5 Å². The molecule has 2 saturated carbocycles. The van der Waals surface area contributed by atoms with Crippen molar-refractivity contribution >= 4 is 23.7 Å². The van der Waals surface area contributed by atoms with Crippen LogP contribution >= 0.6 is 0 Å². The van der Waals surface area contributed by atoms with Gasteiger partial charge in [-0.15, -0.1) is 0 Å². The summed E-state index contributed by atoms with van der Waals surface area (Å²) in [5.74, 6) is 1.09. The molecule has 0 radical (unpaired) electrons. The fourth-order valence-electron chi connectivity index (χ4n) is 3.39. The number of nitrogens with zero attached hydrogens (tertiary/aromatic N) is 2. The van der Waals surface area contributed by atoms with Crippen LogP contribution in [0.4, 0.5) is 5.69 Å². The molecular formula is C22H29N3O3. The van der Waals surface area contributed by atoms with E-state index in [1.165, 1.54) is 0 Å². The first kappa shape index (κ1) is 20.1. The van der Waals surface area contributed by atoms with Gasteiger partial charge in [-0.25, -0.2) is 0 Å². The van der Waals surface area contributed by atoms with Crippen molar-refractivity contribution in [3.8, 4) is 5.75 Å². The van der Waals surface area contributed by atoms with Crippen molar-refractivity contribution in [2.24, 2.45) is 16.1 Å². The number of aliphatic imine (C=N–C) groups is 1. The number of hydrogen-bond donors (Lipinski definition) is 3. The second kappa shape index (κ2) is 9.55. The minimum Gasteiger partial charge on any atom is -0.496 e. The van der Waals surface area contributed by atoms with Crippen LogP contribution in [0.5, 0.6) is 5.75 Å². The Labute approximate surface area is 166 Å². The largest absolute Gasteiger partial charge is 0.496 e. The molecule has 6 nitrogen and oxygen atoms in total. The van der Waals surface area contributed by atoms with Crippen LogP contribution in [0.25, 0.3) is 6.08 Å². The van der Waals surface area contributed by atoms with Gasteiger partial charge in [0.25, 0.3) is 0 Å². The molecule has 3 rings (SSSR count). The lowest BCUT2D eigenvalue weighted by atomic mass is 9.93. The summed E-state index contributed by atoms with van der Waals surface area (Å²) in [7, 11) is 1.62. The van der Waals surface area contributed by atoms with E-state index in [0.29, 0.717) is 17.4 Å². The van der Waals surface area contributed by atoms with Crippen molar-refractivity contribution in [2.75, 3.05) is 12.8 Å². The number of ether oxygens (including phenoxy) is 1. The van der Waals surface area contributed by atoms with Crippen LogP contribution in [0.3, 0.4) is 0 Å². The number of methoxy groups -OCH3 is 1. The van der Waals surface area contributed by atoms with Crippen molar-refractivity contribution in [3.63, 3.8) is 0 Å². The maximum absolute atomic E-state index is 9.62. The Hall–Kier alpha value is -2.60. The lowest BCUT2D eigenvalue weighted by Crippen LogP contribution is -2.20. The highest BCUT2D eigenvalue weighted by molar-refractivity contribution is 5.98. The molecule has 0 heterocycles. The Balaban J connectivity index is 1.72. The summed E-state index contributed by atoms with van der Waals surface area (Å²) in [5.41, 5.74) is 9.25. The molecule has 2 aliphatic rings. The maximum Gasteiger partial charge on any atom is 0.128 e. The van der Waals surface area contributed by atoms with E-state index >= 15 is 0 Å². The normalized spacial score (nSPS) is 23.9. The van der Waals surface area contributed by atoms with Gasteiger partial charge in [-0.05, 0) is 50.7 Å². The summed E-state index contributed by atoms with van der Waals surface area (Å²) in [6.07, 6.45) is 14.8. The van der Waals surface area contributed by atoms with Crippen molar-refractivity contribution in [1.82, 2.24) is 0 Å². The number of anilines is 1. The molecular weight excluding hydrogens is 354 g/mol. The first-order valence-electron chi connectivity index (χ1n) is 9.86. The Kier molecular flexibility index (Phi) is 6.87. The highest BCUT2D eigenvalue weighted by Crippen LogP contribution is 2.31. The number of oxime groups is 1. The van der Waals surface area contributed by atoms with Gasteiger partial charge in [-0.3, -0.25) is 4.99 Å². The lowest BCUT2D eigenvalue weighted by Gasteiger charge is -2.22. The third kappa shape index (κ3) is 5.45. The van der Waals surface area contributed by atoms with Gasteiger partial charge >= 0.3 is 0 Å². The van der Waals surface area contributed by atoms with Crippen LogP contribution in [0, 0.1) is 5.92 Å². The molecule has 0 spiro atoms. The lowest BCUT2D eigenvalue weighted by molar-refractivity contribution is 0.123. The van der Waals surface area contributed by atoms with Gasteiger partial charge in [0.2, 0.25) is 0 Å². The average molecular weight is 383 g/mol. The molecule has 28 heavy (non-hydrogen) atoms. The van der Waals surface area contributed by atoms with Crippen LogP contribution in [0.2, 0.25) is 0 Å². The number of aliphatic hydroxyl groups is 1. The molecule has 0 aliphatic heterocycles. The van der Waals surface area contributed by atoms with Crippen molar-refractivity contribution in [1.29, 1.82) is 0 Å². The van der Waals surface area contributed by atoms with Gasteiger partial charge in [0.15, 0.2) is 0 Å². The second-order valence-electron chi connectivity index (χ2n) is 7.48. The third-order valence-corrected chi connectivity index (χ3v) is 5.29. The van der Waals surface area contributed by atoms with E-state index in [2.05, 4.69) is 10.1 Å². The van der Waals surface area contributed by atoms with Gasteiger partial charge in [0, 0.05) is 35.0 Å². The van der Waals surface area contributed by atoms with Gasteiger partial charge < -0.3 is 20.8 Å². The number of aliphatic hydroxyl groups excluding tert-OH is 1. The Morgan fingerprint density at radius 2 is 1.86 bits per heavy atom. The van der Waals surface area contributed by atoms with E-state index in [1.807, 2.05) is 36.6 Å². The van der Waals surface area contributed by atoms with Crippen LogP contribution in [0.15, 0.2) is 40.5 Å². The van der Waals surface area contributed by atoms with Gasteiger partial charge in [0.05, 0.1) is 25.0 Å². The fourth-order valence-corrected chi connectivity index (χ4v) is 3.39. The molecule has 2 aliphatic carbocycles. The number of nitrogen functional groups attached to an aromatic ring is 1. The summed E-state index contributed by atoms with van der Waals surface area (Å²) < 4.78 is 5.44. The van der Waals surface area contributed by atoms with Gasteiger partial charge in [-0.1, -0.05) is 23.4 Å². The molecule has 150 valence electrons. The molecule has 2 fully saturated rings. The molecule has 1 aromatic carbocycles. The predicted molar refractivity (Wildman–Crippen MR) is 113 cm³/mol. The van der Waals surface area contributed by atoms with E-state index in [9.17, 15) is 5.11 Å². The van der Waals surface area contributed by atoms with Crippen LogP contribution in [-0.4, -0.2) is 41.5 Å². The Morgan fingerprint density at radius 1 is 1.11 bits per heavy atom. The Morgan fingerprint density at radius 3 is 2.50 bits per heavy atom. The maximum atomic E-state index is 9.62. The predicted octanol–water partition coefficient (Wildman–Crippen LogP) is 3.81. The van der Waals surface area contributed by atoms with Crippen LogP contribution in [-0.2, 0) is 0 Å². The SMILES string of the molecule is COc1cc(N)c(C=NC2CCC(O)CC2)cc1/C=C/C=C\C(=N\O)C1CC1. The second-order valence-corrected chi connectivity index (χ2v) is 7.48. The van der Waals surface area contributed by atoms with E-state index in [-0.39, 0.29) is 12.1 Å². The fraction of sp³-hybridized carbons (Fsp3) is 0.455. The minimum absolute atomic E-state index is 0.182. The molecule has 1 aromatic rings. The zero-order valence-corrected chi connectivity index (χ0v) is 16.3. The first-order valence-corrected chi connectivity index (χ1v) is 9.86. The molecule has 0 atom stereocenters. The molecule has 0 saturated heterocycles. The van der Waals surface area contributed by atoms with Crippen LogP contribution in [0.1, 0.15) is 49.7 Å². The number of benzene rings is 1. The van der Waals surface area contributed by atoms with E-state index in [4.69, 9.17) is 15.7 Å². The van der Waals surface area contributed by atoms with Crippen molar-refractivity contribution in [2.45, 2.75) is 50.7 Å². The highest BCUT2D eigenvalue weighted by atomic mass is 16.5. The quantitative estimate of drug-likeness (QED) is 0.219. The van der Waals surface area contributed by atoms with E-state index < -0.39 is 0 Å². The molecule has 0 bridgehead atoms. The smallest absolute Gasteiger partial charge is 0.128 e. The van der Waals surface area contributed by atoms with E-state index in [0.717, 1.165) is 55.4 Å². The minimum atomic E-state index is -0.182. The first-order chi connectivity index (χ1) is 13.6. The monoisotopic (exact) mass is 383 g/mol. The number of rotatable bonds is 7. The average Bonchev–Trinajstić information content (AvgIpc) is 3.54. The van der Waals surface area contributed by atoms with E-state index in [1.54, 1.807) is 13.2 Å². The molecule has 0 amide bonds. The number of nitrogens with two attached hydrogens (primary N) is 1. The van der Waals surface area contributed by atoms with Crippen molar-refractivity contribution in [3.05, 3.63) is 41.5 Å². The standard InChI is InChI=1S/C22H29N3O3/c1-28-22-13-20(23)17(14-24-18-8-10-19(26)11-9-18)12-16(22)4-2-3-5-21(25-27)15-6-7-15/h2-5,12-15,18-19,26-27H,6-11,23H2,1H3/b4-2+,5-3-,24-14?,25-21-. The molecule has 0 unspecified atom stereocenters. The summed E-state index contributed by atoms with van der Waals surface area (Å²) in [5, 5.41) is 22.0. The molecule has 4 N–H and O–H groups in total. The zero-order valence-electron chi connectivity index (χ0n) is 16.3. The summed E-state index contributed by atoms with van der Waals surface area (Å²) in [4.78, 5) is 4.66. The molecule has 6 heteroatoms. The third-order valence-electron chi connectivity index (χ3n) is 5.29. The number of hydrogen-bond acceptors (Lipinski definition) is 6. The highest BCUT2D eigenvalue weighted by Gasteiger charge is 2.26. The molecule has 0 aromatic heterocycles. The van der Waals surface area contributed by atoms with Gasteiger partial charge in [-0.2, -0.15) is 0 Å². The topological polar surface area (TPSA) is 100 Å². The summed E-state index contributed by atoms with van der Waals surface area (Å²) in [6.45, 7) is 0. The summed E-state index contributed by atoms with van der Waals surface area (Å²) >= 11 is 0. The Bertz CT molecular complexity index is 786. The van der Waals surface area contributed by atoms with Gasteiger partial charge in [0.1, 0.15) is 5.75 Å². The summed E-state index contributed by atoms with van der Waals surface area (Å²) in [6, 6.07) is 4.01. The number of allylic oxidation sites excluding steroid dienone is 3.